The maximum absolute atomic E-state index is 13.5. The summed E-state index contributed by atoms with van der Waals surface area (Å²) >= 11 is 0. The molecular formula is C29H26N4O5. The van der Waals surface area contributed by atoms with Crippen LogP contribution >= 0.6 is 0 Å². The standard InChI is InChI=1S/C29H26N4O5/c1-18-26(29(36)33(31(18)2)20-8-6-5-7-9-20)30-17-25-23-15-14-22(38-4)16-24(23)27(34)32(28(25)35)19-10-12-21(37-3)13-11-19/h5-17,35H,1-4H3. The van der Waals surface area contributed by atoms with Gasteiger partial charge >= 0.3 is 0 Å². The summed E-state index contributed by atoms with van der Waals surface area (Å²) in [5, 5.41) is 12.1. The van der Waals surface area contributed by atoms with Gasteiger partial charge in [0, 0.05) is 18.6 Å². The van der Waals surface area contributed by atoms with Crippen LogP contribution in [-0.4, -0.2) is 39.5 Å². The molecule has 9 nitrogen and oxygen atoms in total. The number of aliphatic imine (C=N–C) groups is 1. The van der Waals surface area contributed by atoms with Crippen LogP contribution in [0.5, 0.6) is 17.4 Å². The van der Waals surface area contributed by atoms with Gasteiger partial charge in [0.05, 0.1) is 42.2 Å². The van der Waals surface area contributed by atoms with Gasteiger partial charge in [-0.15, -0.1) is 0 Å². The number of ether oxygens (including phenoxy) is 2. The van der Waals surface area contributed by atoms with E-state index in [9.17, 15) is 14.7 Å². The molecule has 0 bridgehead atoms. The third-order valence-electron chi connectivity index (χ3n) is 6.58. The van der Waals surface area contributed by atoms with Gasteiger partial charge in [0.2, 0.25) is 5.88 Å². The lowest BCUT2D eigenvalue weighted by molar-refractivity contribution is 0.414. The van der Waals surface area contributed by atoms with Gasteiger partial charge in [-0.3, -0.25) is 14.3 Å². The lowest BCUT2D eigenvalue weighted by Crippen LogP contribution is -2.20. The number of nitrogens with zero attached hydrogens (tertiary/aromatic N) is 4. The zero-order valence-electron chi connectivity index (χ0n) is 21.4. The van der Waals surface area contributed by atoms with Crippen LogP contribution in [0, 0.1) is 6.92 Å². The van der Waals surface area contributed by atoms with Crippen LogP contribution in [0.15, 0.2) is 87.4 Å². The molecule has 5 rings (SSSR count). The van der Waals surface area contributed by atoms with Crippen molar-refractivity contribution in [1.29, 1.82) is 0 Å². The zero-order valence-corrected chi connectivity index (χ0v) is 21.4. The van der Waals surface area contributed by atoms with Crippen molar-refractivity contribution in [3.63, 3.8) is 0 Å². The van der Waals surface area contributed by atoms with Gasteiger partial charge in [0.1, 0.15) is 11.5 Å². The maximum Gasteiger partial charge on any atom is 0.297 e. The first-order chi connectivity index (χ1) is 18.3. The predicted octanol–water partition coefficient (Wildman–Crippen LogP) is 4.26. The van der Waals surface area contributed by atoms with E-state index >= 15 is 0 Å². The highest BCUT2D eigenvalue weighted by Gasteiger charge is 2.19. The minimum atomic E-state index is -0.430. The Hall–Kier alpha value is -5.05. The van der Waals surface area contributed by atoms with E-state index in [1.165, 1.54) is 22.6 Å². The van der Waals surface area contributed by atoms with Gasteiger partial charge in [-0.05, 0) is 61.5 Å². The van der Waals surface area contributed by atoms with Crippen LogP contribution in [0.25, 0.3) is 22.1 Å². The molecule has 0 atom stereocenters. The highest BCUT2D eigenvalue weighted by molar-refractivity contribution is 6.02. The Balaban J connectivity index is 1.73. The van der Waals surface area contributed by atoms with Crippen molar-refractivity contribution >= 4 is 22.7 Å². The second-order valence-corrected chi connectivity index (χ2v) is 8.66. The minimum Gasteiger partial charge on any atom is -0.497 e. The Morgan fingerprint density at radius 1 is 0.816 bits per heavy atom. The van der Waals surface area contributed by atoms with E-state index in [1.54, 1.807) is 68.2 Å². The summed E-state index contributed by atoms with van der Waals surface area (Å²) in [6.07, 6.45) is 1.42. The molecule has 2 aromatic heterocycles. The van der Waals surface area contributed by atoms with Crippen molar-refractivity contribution in [2.24, 2.45) is 12.0 Å². The fourth-order valence-electron chi connectivity index (χ4n) is 4.45. The van der Waals surface area contributed by atoms with Gasteiger partial charge in [-0.25, -0.2) is 14.2 Å². The van der Waals surface area contributed by atoms with E-state index in [1.807, 2.05) is 30.3 Å². The molecule has 38 heavy (non-hydrogen) atoms. The fraction of sp³-hybridized carbons (Fsp3) is 0.138. The first kappa shape index (κ1) is 24.6. The molecule has 0 saturated heterocycles. The van der Waals surface area contributed by atoms with Crippen molar-refractivity contribution in [3.8, 4) is 28.8 Å². The van der Waals surface area contributed by atoms with E-state index in [4.69, 9.17) is 9.47 Å². The monoisotopic (exact) mass is 510 g/mol. The fourth-order valence-corrected chi connectivity index (χ4v) is 4.45. The molecule has 3 aromatic carbocycles. The Bertz CT molecular complexity index is 1800. The number of aromatic nitrogens is 3. The number of aromatic hydroxyl groups is 1. The molecule has 1 N–H and O–H groups in total. The van der Waals surface area contributed by atoms with Crippen LogP contribution in [0.3, 0.4) is 0 Å². The number of fused-ring (bicyclic) bond motifs is 1. The van der Waals surface area contributed by atoms with E-state index < -0.39 is 5.56 Å². The van der Waals surface area contributed by atoms with Gasteiger partial charge in [-0.1, -0.05) is 18.2 Å². The molecule has 0 unspecified atom stereocenters. The summed E-state index contributed by atoms with van der Waals surface area (Å²) in [5.74, 6) is 0.799. The molecule has 0 aliphatic heterocycles. The summed E-state index contributed by atoms with van der Waals surface area (Å²) in [4.78, 5) is 31.4. The van der Waals surface area contributed by atoms with Crippen molar-refractivity contribution < 1.29 is 14.6 Å². The Labute approximate surface area is 218 Å². The van der Waals surface area contributed by atoms with Crippen molar-refractivity contribution in [2.45, 2.75) is 6.92 Å². The normalized spacial score (nSPS) is 11.4. The average molecular weight is 511 g/mol. The molecule has 0 fully saturated rings. The molecule has 9 heteroatoms. The zero-order chi connectivity index (χ0) is 27.0. The highest BCUT2D eigenvalue weighted by Crippen LogP contribution is 2.29. The molecule has 0 aliphatic rings. The highest BCUT2D eigenvalue weighted by atomic mass is 16.5. The SMILES string of the molecule is COc1ccc(-n2c(O)c(C=Nc3c(C)n(C)n(-c4ccccc4)c3=O)c3ccc(OC)cc3c2=O)cc1. The van der Waals surface area contributed by atoms with Crippen molar-refractivity contribution in [2.75, 3.05) is 14.2 Å². The Kier molecular flexibility index (Phi) is 6.34. The van der Waals surface area contributed by atoms with Gasteiger partial charge in [0.25, 0.3) is 11.1 Å². The minimum absolute atomic E-state index is 0.222. The number of rotatable bonds is 6. The molecule has 5 aromatic rings. The third-order valence-corrected chi connectivity index (χ3v) is 6.58. The Morgan fingerprint density at radius 3 is 2.13 bits per heavy atom. The van der Waals surface area contributed by atoms with Gasteiger partial charge < -0.3 is 14.6 Å². The third kappa shape index (κ3) is 4.03. The largest absolute Gasteiger partial charge is 0.497 e. The first-order valence-corrected chi connectivity index (χ1v) is 11.8. The van der Waals surface area contributed by atoms with Gasteiger partial charge in [-0.2, -0.15) is 0 Å². The number of hydrogen-bond acceptors (Lipinski definition) is 6. The van der Waals surface area contributed by atoms with Crippen LogP contribution in [0.1, 0.15) is 11.3 Å². The molecule has 0 amide bonds. The van der Waals surface area contributed by atoms with Crippen LogP contribution < -0.4 is 20.6 Å². The topological polar surface area (TPSA) is 100.0 Å². The summed E-state index contributed by atoms with van der Waals surface area (Å²) in [7, 11) is 4.85. The first-order valence-electron chi connectivity index (χ1n) is 11.8. The van der Waals surface area contributed by atoms with E-state index in [0.717, 1.165) is 0 Å². The molecule has 2 heterocycles. The molecule has 0 aliphatic carbocycles. The molecule has 0 saturated carbocycles. The number of methoxy groups -OCH3 is 2. The second kappa shape index (κ2) is 9.78. The average Bonchev–Trinajstić information content (AvgIpc) is 3.16. The summed E-state index contributed by atoms with van der Waals surface area (Å²) in [6.45, 7) is 1.80. The second-order valence-electron chi connectivity index (χ2n) is 8.66. The Morgan fingerprint density at radius 2 is 1.47 bits per heavy atom. The summed E-state index contributed by atoms with van der Waals surface area (Å²) in [6, 6.07) is 21.0. The lowest BCUT2D eigenvalue weighted by atomic mass is 10.1. The number of para-hydroxylation sites is 1. The van der Waals surface area contributed by atoms with E-state index in [-0.39, 0.29) is 22.7 Å². The van der Waals surface area contributed by atoms with Crippen LogP contribution in [-0.2, 0) is 7.05 Å². The molecule has 0 radical (unpaired) electrons. The van der Waals surface area contributed by atoms with Crippen molar-refractivity contribution in [3.05, 3.63) is 105 Å². The van der Waals surface area contributed by atoms with Crippen LogP contribution in [0.2, 0.25) is 0 Å². The van der Waals surface area contributed by atoms with Crippen LogP contribution in [0.4, 0.5) is 5.69 Å². The predicted molar refractivity (Wildman–Crippen MR) is 147 cm³/mol. The van der Waals surface area contributed by atoms with Crippen molar-refractivity contribution in [1.82, 2.24) is 13.9 Å². The summed E-state index contributed by atoms with van der Waals surface area (Å²) in [5.41, 5.74) is 1.56. The number of hydrogen-bond donors (Lipinski definition) is 1. The van der Waals surface area contributed by atoms with E-state index in [2.05, 4.69) is 4.99 Å². The quantitative estimate of drug-likeness (QED) is 0.344. The number of pyridine rings is 1. The van der Waals surface area contributed by atoms with E-state index in [0.29, 0.717) is 39.3 Å². The molecular weight excluding hydrogens is 484 g/mol. The summed E-state index contributed by atoms with van der Waals surface area (Å²) < 4.78 is 15.0. The molecule has 0 spiro atoms. The molecule has 192 valence electrons. The van der Waals surface area contributed by atoms with Gasteiger partial charge in [0.15, 0.2) is 5.69 Å². The maximum atomic E-state index is 13.5. The number of benzene rings is 3. The lowest BCUT2D eigenvalue weighted by Gasteiger charge is -2.14. The smallest absolute Gasteiger partial charge is 0.297 e.